The van der Waals surface area contributed by atoms with Gasteiger partial charge in [0.15, 0.2) is 0 Å². The first-order chi connectivity index (χ1) is 7.25. The highest BCUT2D eigenvalue weighted by Gasteiger charge is 2.17. The van der Waals surface area contributed by atoms with Crippen molar-refractivity contribution in [1.29, 1.82) is 0 Å². The summed E-state index contributed by atoms with van der Waals surface area (Å²) in [7, 11) is 2.14. The van der Waals surface area contributed by atoms with Gasteiger partial charge in [0.25, 0.3) is 0 Å². The zero-order valence-electron chi connectivity index (χ0n) is 10.6. The molecule has 0 amide bonds. The molecule has 1 aliphatic heterocycles. The van der Waals surface area contributed by atoms with Crippen LogP contribution in [0.3, 0.4) is 0 Å². The highest BCUT2D eigenvalue weighted by Crippen LogP contribution is 2.14. The Morgan fingerprint density at radius 1 is 1.00 bits per heavy atom. The van der Waals surface area contributed by atoms with E-state index in [1.807, 2.05) is 0 Å². The number of nitrogens with zero attached hydrogens (tertiary/aromatic N) is 2. The molecule has 0 aromatic heterocycles. The monoisotopic (exact) mass is 210 g/mol. The van der Waals surface area contributed by atoms with Gasteiger partial charge in [-0.1, -0.05) is 39.0 Å². The van der Waals surface area contributed by atoms with Gasteiger partial charge in [-0.05, 0) is 13.3 Å². The third-order valence-electron chi connectivity index (χ3n) is 3.33. The summed E-state index contributed by atoms with van der Waals surface area (Å²) in [6, 6.07) is 0. The molecule has 88 valence electrons. The standard InChI is InChI=1S/C13H26N2/c1-4-5-6-7-8-9-10-15-12-11-14(3)13(15)2/h11-13H,4-10H2,1-3H3. The molecule has 1 unspecified atom stereocenters. The van der Waals surface area contributed by atoms with E-state index < -0.39 is 0 Å². The van der Waals surface area contributed by atoms with Crippen LogP contribution < -0.4 is 0 Å². The van der Waals surface area contributed by atoms with Gasteiger partial charge in [-0.25, -0.2) is 0 Å². The molecule has 1 rings (SSSR count). The Morgan fingerprint density at radius 2 is 1.67 bits per heavy atom. The SMILES string of the molecule is CCCCCCCCN1C=CN(C)C1C. The van der Waals surface area contributed by atoms with Crippen molar-refractivity contribution in [1.82, 2.24) is 9.80 Å². The van der Waals surface area contributed by atoms with Gasteiger partial charge in [0.05, 0.1) is 6.17 Å². The average Bonchev–Trinajstić information content (AvgIpc) is 2.54. The second kappa shape index (κ2) is 6.76. The van der Waals surface area contributed by atoms with Crippen molar-refractivity contribution in [2.75, 3.05) is 13.6 Å². The van der Waals surface area contributed by atoms with Crippen LogP contribution in [0.2, 0.25) is 0 Å². The maximum absolute atomic E-state index is 2.43. The van der Waals surface area contributed by atoms with Crippen molar-refractivity contribution in [2.45, 2.75) is 58.5 Å². The van der Waals surface area contributed by atoms with Crippen molar-refractivity contribution in [2.24, 2.45) is 0 Å². The Bertz CT molecular complexity index is 189. The lowest BCUT2D eigenvalue weighted by Crippen LogP contribution is -2.34. The second-order valence-corrected chi connectivity index (χ2v) is 4.60. The largest absolute Gasteiger partial charge is 0.359 e. The molecule has 0 saturated heterocycles. The molecular formula is C13H26N2. The van der Waals surface area contributed by atoms with Crippen molar-refractivity contribution in [3.63, 3.8) is 0 Å². The van der Waals surface area contributed by atoms with Crippen molar-refractivity contribution in [3.8, 4) is 0 Å². The molecule has 0 aromatic rings. The predicted molar refractivity (Wildman–Crippen MR) is 66.4 cm³/mol. The summed E-state index contributed by atoms with van der Waals surface area (Å²) in [6.07, 6.45) is 13.3. The smallest absolute Gasteiger partial charge is 0.0974 e. The summed E-state index contributed by atoms with van der Waals surface area (Å²) in [6.45, 7) is 5.75. The van der Waals surface area contributed by atoms with E-state index in [1.54, 1.807) is 0 Å². The van der Waals surface area contributed by atoms with Crippen LogP contribution in [-0.4, -0.2) is 29.6 Å². The third kappa shape index (κ3) is 4.15. The normalized spacial score (nSPS) is 20.3. The lowest BCUT2D eigenvalue weighted by Gasteiger charge is -2.26. The lowest BCUT2D eigenvalue weighted by atomic mass is 10.1. The van der Waals surface area contributed by atoms with Crippen molar-refractivity contribution in [3.05, 3.63) is 12.4 Å². The quantitative estimate of drug-likeness (QED) is 0.594. The summed E-state index contributed by atoms with van der Waals surface area (Å²) in [4.78, 5) is 4.69. The molecule has 2 nitrogen and oxygen atoms in total. The van der Waals surface area contributed by atoms with E-state index in [0.717, 1.165) is 0 Å². The summed E-state index contributed by atoms with van der Waals surface area (Å²) in [5.74, 6) is 0. The van der Waals surface area contributed by atoms with Gasteiger partial charge in [0.2, 0.25) is 0 Å². The molecule has 0 fully saturated rings. The minimum Gasteiger partial charge on any atom is -0.359 e. The van der Waals surface area contributed by atoms with E-state index in [9.17, 15) is 0 Å². The summed E-state index contributed by atoms with van der Waals surface area (Å²) < 4.78 is 0. The van der Waals surface area contributed by atoms with E-state index in [0.29, 0.717) is 6.17 Å². The molecule has 2 heteroatoms. The van der Waals surface area contributed by atoms with Gasteiger partial charge in [-0.2, -0.15) is 0 Å². The van der Waals surface area contributed by atoms with Crippen LogP contribution in [0.5, 0.6) is 0 Å². The highest BCUT2D eigenvalue weighted by molar-refractivity contribution is 4.93. The van der Waals surface area contributed by atoms with Crippen LogP contribution in [0.1, 0.15) is 52.4 Å². The van der Waals surface area contributed by atoms with Gasteiger partial charge in [0.1, 0.15) is 0 Å². The fourth-order valence-electron chi connectivity index (χ4n) is 2.01. The van der Waals surface area contributed by atoms with Crippen LogP contribution in [0, 0.1) is 0 Å². The van der Waals surface area contributed by atoms with Crippen LogP contribution in [0.15, 0.2) is 12.4 Å². The Hall–Kier alpha value is -0.660. The molecule has 0 N–H and O–H groups in total. The first-order valence-electron chi connectivity index (χ1n) is 6.41. The molecule has 1 heterocycles. The lowest BCUT2D eigenvalue weighted by molar-refractivity contribution is 0.192. The number of rotatable bonds is 7. The van der Waals surface area contributed by atoms with E-state index in [2.05, 4.69) is 43.1 Å². The summed E-state index contributed by atoms with van der Waals surface area (Å²) >= 11 is 0. The highest BCUT2D eigenvalue weighted by atomic mass is 15.4. The van der Waals surface area contributed by atoms with Crippen molar-refractivity contribution < 1.29 is 0 Å². The zero-order chi connectivity index (χ0) is 11.1. The molecule has 0 aromatic carbocycles. The number of hydrogen-bond donors (Lipinski definition) is 0. The van der Waals surface area contributed by atoms with Crippen LogP contribution in [-0.2, 0) is 0 Å². The second-order valence-electron chi connectivity index (χ2n) is 4.60. The molecule has 0 saturated carbocycles. The van der Waals surface area contributed by atoms with Crippen LogP contribution in [0.25, 0.3) is 0 Å². The van der Waals surface area contributed by atoms with E-state index in [4.69, 9.17) is 0 Å². The van der Waals surface area contributed by atoms with Gasteiger partial charge in [0, 0.05) is 26.0 Å². The molecule has 0 radical (unpaired) electrons. The van der Waals surface area contributed by atoms with Crippen LogP contribution >= 0.6 is 0 Å². The topological polar surface area (TPSA) is 6.48 Å². The van der Waals surface area contributed by atoms with E-state index in [1.165, 1.54) is 45.1 Å². The summed E-state index contributed by atoms with van der Waals surface area (Å²) in [5, 5.41) is 0. The Kier molecular flexibility index (Phi) is 5.59. The molecular weight excluding hydrogens is 184 g/mol. The molecule has 0 aliphatic carbocycles. The maximum Gasteiger partial charge on any atom is 0.0974 e. The van der Waals surface area contributed by atoms with E-state index >= 15 is 0 Å². The Balaban J connectivity index is 1.99. The van der Waals surface area contributed by atoms with E-state index in [-0.39, 0.29) is 0 Å². The van der Waals surface area contributed by atoms with Crippen LogP contribution in [0.4, 0.5) is 0 Å². The minimum absolute atomic E-state index is 0.556. The van der Waals surface area contributed by atoms with Gasteiger partial charge in [-0.15, -0.1) is 0 Å². The molecule has 15 heavy (non-hydrogen) atoms. The molecule has 1 aliphatic rings. The first kappa shape index (κ1) is 12.4. The fraction of sp³-hybridized carbons (Fsp3) is 0.846. The average molecular weight is 210 g/mol. The Morgan fingerprint density at radius 3 is 2.27 bits per heavy atom. The minimum atomic E-state index is 0.556. The van der Waals surface area contributed by atoms with Gasteiger partial charge >= 0.3 is 0 Å². The Labute approximate surface area is 94.9 Å². The molecule has 0 bridgehead atoms. The third-order valence-corrected chi connectivity index (χ3v) is 3.33. The molecule has 1 atom stereocenters. The van der Waals surface area contributed by atoms with Gasteiger partial charge in [-0.3, -0.25) is 0 Å². The fourth-order valence-corrected chi connectivity index (χ4v) is 2.01. The maximum atomic E-state index is 2.43. The number of unbranched alkanes of at least 4 members (excludes halogenated alkanes) is 5. The zero-order valence-corrected chi connectivity index (χ0v) is 10.6. The number of hydrogen-bond acceptors (Lipinski definition) is 2. The molecule has 0 spiro atoms. The van der Waals surface area contributed by atoms with Gasteiger partial charge < -0.3 is 9.80 Å². The van der Waals surface area contributed by atoms with Crippen molar-refractivity contribution >= 4 is 0 Å². The predicted octanol–water partition coefficient (Wildman–Crippen LogP) is 3.41. The first-order valence-corrected chi connectivity index (χ1v) is 6.41. The summed E-state index contributed by atoms with van der Waals surface area (Å²) in [5.41, 5.74) is 0.